The Morgan fingerprint density at radius 3 is 1.66 bits per heavy atom. The molecule has 1 N–H and O–H groups in total. The molecule has 0 fully saturated rings. The zero-order valence-electron chi connectivity index (χ0n) is 18.7. The first-order chi connectivity index (χ1) is 13.6. The molecule has 0 aromatic heterocycles. The second-order valence-corrected chi connectivity index (χ2v) is 10.2. The minimum atomic E-state index is -4.61. The zero-order valence-corrected chi connectivity index (χ0v) is 20.4. The summed E-state index contributed by atoms with van der Waals surface area (Å²) in [5.74, 6) is 0.476. The van der Waals surface area contributed by atoms with Crippen LogP contribution in [0.4, 0.5) is 0 Å². The Hall–Kier alpha value is -0.0200. The summed E-state index contributed by atoms with van der Waals surface area (Å²) >= 11 is 0. The predicted molar refractivity (Wildman–Crippen MR) is 114 cm³/mol. The van der Waals surface area contributed by atoms with E-state index in [4.69, 9.17) is 18.1 Å². The summed E-state index contributed by atoms with van der Waals surface area (Å²) in [5, 5.41) is 0. The van der Waals surface area contributed by atoms with Crippen LogP contribution in [0.2, 0.25) is 0 Å². The van der Waals surface area contributed by atoms with Crippen molar-refractivity contribution in [2.45, 2.75) is 92.1 Å². The topological polar surface area (TPSA) is 108 Å². The van der Waals surface area contributed by atoms with Crippen molar-refractivity contribution in [2.75, 3.05) is 19.8 Å². The fourth-order valence-electron chi connectivity index (χ4n) is 2.72. The summed E-state index contributed by atoms with van der Waals surface area (Å²) in [5.41, 5.74) is 0. The molecule has 0 aliphatic rings. The number of rotatable bonds is 19. The Bertz CT molecular complexity index is 530. The van der Waals surface area contributed by atoms with Gasteiger partial charge in [-0.3, -0.25) is 18.1 Å². The molecule has 0 aromatic rings. The van der Waals surface area contributed by atoms with Crippen molar-refractivity contribution in [3.63, 3.8) is 0 Å². The zero-order chi connectivity index (χ0) is 22.3. The number of phosphoric acid groups is 1. The number of unbranched alkanes of at least 4 members (excludes halogenated alkanes) is 2. The van der Waals surface area contributed by atoms with E-state index >= 15 is 0 Å². The molecule has 0 aliphatic carbocycles. The van der Waals surface area contributed by atoms with E-state index in [1.54, 1.807) is 0 Å². The SMILES string of the molecule is CCCCC(CC)COP(=O)(OCC(CC)CCCC)OC(C)COS(=O)(=O)O. The van der Waals surface area contributed by atoms with E-state index < -0.39 is 30.9 Å². The van der Waals surface area contributed by atoms with E-state index in [1.165, 1.54) is 6.92 Å². The number of hydrogen-bond acceptors (Lipinski definition) is 7. The molecule has 10 heteroatoms. The van der Waals surface area contributed by atoms with Crippen LogP contribution in [0.1, 0.15) is 86.0 Å². The second-order valence-electron chi connectivity index (χ2n) is 7.50. The lowest BCUT2D eigenvalue weighted by molar-refractivity contribution is 0.0456. The van der Waals surface area contributed by atoms with Crippen LogP contribution in [0.15, 0.2) is 0 Å². The molecule has 3 unspecified atom stereocenters. The highest BCUT2D eigenvalue weighted by Gasteiger charge is 2.32. The summed E-state index contributed by atoms with van der Waals surface area (Å²) in [6, 6.07) is 0. The van der Waals surface area contributed by atoms with Crippen LogP contribution in [0.25, 0.3) is 0 Å². The van der Waals surface area contributed by atoms with Gasteiger partial charge >= 0.3 is 18.2 Å². The lowest BCUT2D eigenvalue weighted by Crippen LogP contribution is -2.21. The average Bonchev–Trinajstić information content (AvgIpc) is 2.66. The minimum Gasteiger partial charge on any atom is -0.287 e. The lowest BCUT2D eigenvalue weighted by atomic mass is 10.0. The van der Waals surface area contributed by atoms with Crippen molar-refractivity contribution in [1.29, 1.82) is 0 Å². The molecule has 8 nitrogen and oxygen atoms in total. The van der Waals surface area contributed by atoms with Gasteiger partial charge in [0.25, 0.3) is 0 Å². The first-order valence-corrected chi connectivity index (χ1v) is 13.6. The molecule has 0 saturated carbocycles. The van der Waals surface area contributed by atoms with E-state index in [9.17, 15) is 13.0 Å². The lowest BCUT2D eigenvalue weighted by Gasteiger charge is -2.25. The second kappa shape index (κ2) is 15.7. The molecule has 0 aromatic carbocycles. The van der Waals surface area contributed by atoms with Crippen molar-refractivity contribution in [3.8, 4) is 0 Å². The summed E-state index contributed by atoms with van der Waals surface area (Å²) in [6.45, 7) is 9.80. The number of phosphoric ester groups is 1. The predicted octanol–water partition coefficient (Wildman–Crippen LogP) is 5.79. The minimum absolute atomic E-state index is 0.238. The van der Waals surface area contributed by atoms with Gasteiger partial charge in [-0.15, -0.1) is 0 Å². The first-order valence-electron chi connectivity index (χ1n) is 10.8. The quantitative estimate of drug-likeness (QED) is 0.191. The largest absolute Gasteiger partial charge is 0.475 e. The van der Waals surface area contributed by atoms with Gasteiger partial charge in [-0.05, 0) is 31.6 Å². The Kier molecular flexibility index (Phi) is 15.7. The third kappa shape index (κ3) is 15.4. The normalized spacial score (nSPS) is 17.6. The molecule has 0 rings (SSSR count). The van der Waals surface area contributed by atoms with Crippen molar-refractivity contribution in [2.24, 2.45) is 11.8 Å². The Morgan fingerprint density at radius 1 is 0.862 bits per heavy atom. The van der Waals surface area contributed by atoms with Gasteiger partial charge in [0.15, 0.2) is 0 Å². The van der Waals surface area contributed by atoms with Gasteiger partial charge in [-0.25, -0.2) is 8.75 Å². The van der Waals surface area contributed by atoms with Gasteiger partial charge in [0.1, 0.15) is 0 Å². The number of hydrogen-bond donors (Lipinski definition) is 1. The third-order valence-corrected chi connectivity index (χ3v) is 6.77. The smallest absolute Gasteiger partial charge is 0.287 e. The Morgan fingerprint density at radius 2 is 1.31 bits per heavy atom. The van der Waals surface area contributed by atoms with Crippen LogP contribution in [0, 0.1) is 11.8 Å². The highest BCUT2D eigenvalue weighted by atomic mass is 32.3. The van der Waals surface area contributed by atoms with Crippen molar-refractivity contribution in [3.05, 3.63) is 0 Å². The molecule has 0 amide bonds. The highest BCUT2D eigenvalue weighted by Crippen LogP contribution is 2.51. The van der Waals surface area contributed by atoms with Crippen molar-refractivity contribution in [1.82, 2.24) is 0 Å². The van der Waals surface area contributed by atoms with Crippen LogP contribution < -0.4 is 0 Å². The van der Waals surface area contributed by atoms with Crippen LogP contribution >= 0.6 is 7.82 Å². The van der Waals surface area contributed by atoms with Gasteiger partial charge < -0.3 is 0 Å². The van der Waals surface area contributed by atoms with E-state index in [2.05, 4.69) is 31.9 Å². The van der Waals surface area contributed by atoms with Crippen LogP contribution in [0.5, 0.6) is 0 Å². The molecule has 0 heterocycles. The summed E-state index contributed by atoms with van der Waals surface area (Å²) in [6.07, 6.45) is 7.04. The standard InChI is InChI=1S/C19H41O8PS/c1-6-10-12-18(8-3)15-24-28(20,25-16-19(9-4)13-11-7-2)27-17(5)14-26-29(21,22)23/h17-19H,6-16H2,1-5H3,(H,21,22,23). The maximum absolute atomic E-state index is 13.2. The monoisotopic (exact) mass is 460 g/mol. The first kappa shape index (κ1) is 29.0. The fraction of sp³-hybridized carbons (Fsp3) is 1.00. The van der Waals surface area contributed by atoms with Gasteiger partial charge in [0.05, 0.1) is 25.9 Å². The van der Waals surface area contributed by atoms with Gasteiger partial charge in [0.2, 0.25) is 0 Å². The van der Waals surface area contributed by atoms with Crippen LogP contribution in [-0.2, 0) is 32.7 Å². The molecule has 176 valence electrons. The molecular formula is C19H41O8PS. The van der Waals surface area contributed by atoms with E-state index in [0.717, 1.165) is 51.4 Å². The van der Waals surface area contributed by atoms with Crippen molar-refractivity contribution < 1.29 is 35.3 Å². The van der Waals surface area contributed by atoms with E-state index in [0.29, 0.717) is 0 Å². The van der Waals surface area contributed by atoms with Crippen LogP contribution in [-0.4, -0.2) is 38.9 Å². The molecule has 3 atom stereocenters. The summed E-state index contributed by atoms with van der Waals surface area (Å²) < 4.78 is 64.4. The van der Waals surface area contributed by atoms with E-state index in [1.807, 2.05) is 0 Å². The Labute approximate surface area is 177 Å². The molecule has 0 spiro atoms. The fourth-order valence-corrected chi connectivity index (χ4v) is 4.57. The summed E-state index contributed by atoms with van der Waals surface area (Å²) in [4.78, 5) is 0. The maximum atomic E-state index is 13.2. The molecule has 0 aliphatic heterocycles. The van der Waals surface area contributed by atoms with Gasteiger partial charge in [0, 0.05) is 0 Å². The molecule has 0 radical (unpaired) electrons. The molecular weight excluding hydrogens is 419 g/mol. The summed E-state index contributed by atoms with van der Waals surface area (Å²) in [7, 11) is -8.52. The molecule has 29 heavy (non-hydrogen) atoms. The highest BCUT2D eigenvalue weighted by molar-refractivity contribution is 7.80. The maximum Gasteiger partial charge on any atom is 0.475 e. The Balaban J connectivity index is 5.00. The average molecular weight is 461 g/mol. The molecule has 0 saturated heterocycles. The van der Waals surface area contributed by atoms with E-state index in [-0.39, 0.29) is 25.0 Å². The van der Waals surface area contributed by atoms with Gasteiger partial charge in [-0.2, -0.15) is 8.42 Å². The van der Waals surface area contributed by atoms with Crippen molar-refractivity contribution >= 4 is 18.2 Å². The van der Waals surface area contributed by atoms with Gasteiger partial charge in [-0.1, -0.05) is 66.2 Å². The third-order valence-electron chi connectivity index (χ3n) is 4.78. The van der Waals surface area contributed by atoms with Crippen LogP contribution in [0.3, 0.4) is 0 Å². The molecule has 0 bridgehead atoms.